The van der Waals surface area contributed by atoms with Gasteiger partial charge < -0.3 is 5.32 Å². The summed E-state index contributed by atoms with van der Waals surface area (Å²) >= 11 is 0. The molecule has 2 nitrogen and oxygen atoms in total. The van der Waals surface area contributed by atoms with Crippen LogP contribution in [0.2, 0.25) is 0 Å². The van der Waals surface area contributed by atoms with Crippen LogP contribution in [0.15, 0.2) is 18.2 Å². The monoisotopic (exact) mass is 274 g/mol. The summed E-state index contributed by atoms with van der Waals surface area (Å²) in [6.45, 7) is 17.1. The number of hydrogen-bond acceptors (Lipinski definition) is 2. The molecule has 0 bridgehead atoms. The third kappa shape index (κ3) is 3.42. The Hall–Kier alpha value is -0.860. The molecule has 2 rings (SSSR count). The van der Waals surface area contributed by atoms with E-state index in [1.165, 1.54) is 16.7 Å². The lowest BCUT2D eigenvalue weighted by Crippen LogP contribution is -2.59. The fourth-order valence-electron chi connectivity index (χ4n) is 3.02. The molecule has 2 atom stereocenters. The van der Waals surface area contributed by atoms with Crippen LogP contribution in [0, 0.1) is 19.3 Å². The quantitative estimate of drug-likeness (QED) is 0.888. The maximum absolute atomic E-state index is 3.71. The van der Waals surface area contributed by atoms with Gasteiger partial charge in [0.2, 0.25) is 0 Å². The molecular formula is C18H30N2. The van der Waals surface area contributed by atoms with E-state index in [-0.39, 0.29) is 0 Å². The van der Waals surface area contributed by atoms with Crippen molar-refractivity contribution in [3.8, 4) is 0 Å². The standard InChI is InChI=1S/C18H30N2/c1-13-8-7-9-14(2)16(13)11-20-12-17(18(4,5)6)19-10-15(20)3/h7-9,15,17,19H,10-12H2,1-6H3. The van der Waals surface area contributed by atoms with Gasteiger partial charge in [-0.05, 0) is 42.9 Å². The molecule has 1 fully saturated rings. The highest BCUT2D eigenvalue weighted by Gasteiger charge is 2.32. The van der Waals surface area contributed by atoms with E-state index in [4.69, 9.17) is 0 Å². The van der Waals surface area contributed by atoms with E-state index in [2.05, 4.69) is 70.0 Å². The lowest BCUT2D eigenvalue weighted by molar-refractivity contribution is 0.0874. The highest BCUT2D eigenvalue weighted by atomic mass is 15.2. The molecule has 112 valence electrons. The highest BCUT2D eigenvalue weighted by Crippen LogP contribution is 2.25. The molecular weight excluding hydrogens is 244 g/mol. The zero-order chi connectivity index (χ0) is 14.9. The second-order valence-electron chi connectivity index (χ2n) is 7.48. The number of aryl methyl sites for hydroxylation is 2. The van der Waals surface area contributed by atoms with Gasteiger partial charge in [-0.15, -0.1) is 0 Å². The Kier molecular flexibility index (Phi) is 4.55. The van der Waals surface area contributed by atoms with Crippen LogP contribution >= 0.6 is 0 Å². The van der Waals surface area contributed by atoms with Crippen molar-refractivity contribution in [2.75, 3.05) is 13.1 Å². The molecule has 2 heteroatoms. The lowest BCUT2D eigenvalue weighted by Gasteiger charge is -2.44. The number of rotatable bonds is 2. The van der Waals surface area contributed by atoms with Crippen LogP contribution in [-0.2, 0) is 6.54 Å². The van der Waals surface area contributed by atoms with Crippen molar-refractivity contribution in [3.63, 3.8) is 0 Å². The minimum atomic E-state index is 0.319. The zero-order valence-electron chi connectivity index (χ0n) is 14.0. The van der Waals surface area contributed by atoms with E-state index in [0.29, 0.717) is 17.5 Å². The summed E-state index contributed by atoms with van der Waals surface area (Å²) in [7, 11) is 0. The van der Waals surface area contributed by atoms with Crippen LogP contribution in [0.4, 0.5) is 0 Å². The number of nitrogens with one attached hydrogen (secondary N) is 1. The summed E-state index contributed by atoms with van der Waals surface area (Å²) in [6, 6.07) is 7.80. The molecule has 1 N–H and O–H groups in total. The van der Waals surface area contributed by atoms with Crippen molar-refractivity contribution in [1.29, 1.82) is 0 Å². The SMILES string of the molecule is Cc1cccc(C)c1CN1CC(C(C)(C)C)NCC1C. The fraction of sp³-hybridized carbons (Fsp3) is 0.667. The molecule has 1 aromatic rings. The number of hydrogen-bond donors (Lipinski definition) is 1. The molecule has 1 heterocycles. The first-order valence-electron chi connectivity index (χ1n) is 7.81. The smallest absolute Gasteiger partial charge is 0.0244 e. The van der Waals surface area contributed by atoms with Crippen molar-refractivity contribution in [2.24, 2.45) is 5.41 Å². The van der Waals surface area contributed by atoms with E-state index in [9.17, 15) is 0 Å². The van der Waals surface area contributed by atoms with Gasteiger partial charge in [0, 0.05) is 31.7 Å². The molecule has 0 aliphatic carbocycles. The topological polar surface area (TPSA) is 15.3 Å². The first-order valence-corrected chi connectivity index (χ1v) is 7.81. The summed E-state index contributed by atoms with van der Waals surface area (Å²) in [5, 5.41) is 3.71. The number of benzene rings is 1. The van der Waals surface area contributed by atoms with Gasteiger partial charge in [-0.25, -0.2) is 0 Å². The fourth-order valence-corrected chi connectivity index (χ4v) is 3.02. The summed E-state index contributed by atoms with van der Waals surface area (Å²) in [4.78, 5) is 2.64. The minimum Gasteiger partial charge on any atom is -0.311 e. The predicted molar refractivity (Wildman–Crippen MR) is 87.0 cm³/mol. The maximum Gasteiger partial charge on any atom is 0.0244 e. The molecule has 1 saturated heterocycles. The maximum atomic E-state index is 3.71. The number of piperazine rings is 1. The van der Waals surface area contributed by atoms with Gasteiger partial charge in [0.1, 0.15) is 0 Å². The molecule has 0 aromatic heterocycles. The molecule has 20 heavy (non-hydrogen) atoms. The van der Waals surface area contributed by atoms with Crippen molar-refractivity contribution < 1.29 is 0 Å². The Labute approximate surface area is 124 Å². The second-order valence-corrected chi connectivity index (χ2v) is 7.48. The Morgan fingerprint density at radius 1 is 1.20 bits per heavy atom. The van der Waals surface area contributed by atoms with Crippen LogP contribution in [-0.4, -0.2) is 30.1 Å². The van der Waals surface area contributed by atoms with Gasteiger partial charge in [-0.2, -0.15) is 0 Å². The third-order valence-electron chi connectivity index (χ3n) is 4.75. The van der Waals surface area contributed by atoms with E-state index in [1.807, 2.05) is 0 Å². The molecule has 1 aliphatic heterocycles. The molecule has 2 unspecified atom stereocenters. The zero-order valence-corrected chi connectivity index (χ0v) is 14.0. The Morgan fingerprint density at radius 3 is 2.35 bits per heavy atom. The van der Waals surface area contributed by atoms with Crippen molar-refractivity contribution in [1.82, 2.24) is 10.2 Å². The van der Waals surface area contributed by atoms with Crippen LogP contribution in [0.3, 0.4) is 0 Å². The van der Waals surface area contributed by atoms with E-state index in [1.54, 1.807) is 0 Å². The van der Waals surface area contributed by atoms with Gasteiger partial charge in [0.15, 0.2) is 0 Å². The van der Waals surface area contributed by atoms with Crippen molar-refractivity contribution in [2.45, 2.75) is 60.2 Å². The predicted octanol–water partition coefficient (Wildman–Crippen LogP) is 3.51. The van der Waals surface area contributed by atoms with Crippen LogP contribution in [0.1, 0.15) is 44.4 Å². The van der Waals surface area contributed by atoms with Gasteiger partial charge in [-0.1, -0.05) is 39.0 Å². The van der Waals surface area contributed by atoms with Crippen LogP contribution in [0.25, 0.3) is 0 Å². The summed E-state index contributed by atoms with van der Waals surface area (Å²) in [5.74, 6) is 0. The third-order valence-corrected chi connectivity index (χ3v) is 4.75. The van der Waals surface area contributed by atoms with Crippen molar-refractivity contribution in [3.05, 3.63) is 34.9 Å². The molecule has 0 radical (unpaired) electrons. The van der Waals surface area contributed by atoms with E-state index >= 15 is 0 Å². The lowest BCUT2D eigenvalue weighted by atomic mass is 9.84. The van der Waals surface area contributed by atoms with Crippen LogP contribution in [0.5, 0.6) is 0 Å². The number of nitrogens with zero attached hydrogens (tertiary/aromatic N) is 1. The highest BCUT2D eigenvalue weighted by molar-refractivity contribution is 5.33. The van der Waals surface area contributed by atoms with Crippen LogP contribution < -0.4 is 5.32 Å². The summed E-state index contributed by atoms with van der Waals surface area (Å²) in [6.07, 6.45) is 0. The molecule has 0 spiro atoms. The Bertz CT molecular complexity index is 439. The summed E-state index contributed by atoms with van der Waals surface area (Å²) < 4.78 is 0. The van der Waals surface area contributed by atoms with Gasteiger partial charge >= 0.3 is 0 Å². The van der Waals surface area contributed by atoms with Gasteiger partial charge in [-0.3, -0.25) is 4.90 Å². The summed E-state index contributed by atoms with van der Waals surface area (Å²) in [5.41, 5.74) is 4.67. The second kappa shape index (κ2) is 5.87. The normalized spacial score (nSPS) is 24.9. The minimum absolute atomic E-state index is 0.319. The Balaban J connectivity index is 2.15. The van der Waals surface area contributed by atoms with E-state index in [0.717, 1.165) is 19.6 Å². The molecule has 0 amide bonds. The average Bonchev–Trinajstić information content (AvgIpc) is 2.34. The van der Waals surface area contributed by atoms with E-state index < -0.39 is 0 Å². The molecule has 0 saturated carbocycles. The largest absolute Gasteiger partial charge is 0.311 e. The first kappa shape index (κ1) is 15.5. The average molecular weight is 274 g/mol. The first-order chi connectivity index (χ1) is 9.29. The molecule has 1 aliphatic rings. The van der Waals surface area contributed by atoms with Gasteiger partial charge in [0.05, 0.1) is 0 Å². The molecule has 1 aromatic carbocycles. The van der Waals surface area contributed by atoms with Crippen molar-refractivity contribution >= 4 is 0 Å². The van der Waals surface area contributed by atoms with Gasteiger partial charge in [0.25, 0.3) is 0 Å². The Morgan fingerprint density at radius 2 is 1.80 bits per heavy atom.